The number of esters is 1. The molecule has 0 saturated heterocycles. The molecule has 0 rings (SSSR count). The number of Topliss-reactive ketones (excluding diaryl/α,β-unsaturated/α-hetero) is 1. The fraction of sp³-hybridized carbons (Fsp3) is 0.600. The van der Waals surface area contributed by atoms with Crippen LogP contribution in [0.5, 0.6) is 0 Å². The number of hydrogen-bond acceptors (Lipinski definition) is 4. The molecule has 0 bridgehead atoms. The zero-order chi connectivity index (χ0) is 11.0. The van der Waals surface area contributed by atoms with Crippen molar-refractivity contribution >= 4 is 11.8 Å². The van der Waals surface area contributed by atoms with Crippen molar-refractivity contribution in [2.45, 2.75) is 26.7 Å². The second-order valence-electron chi connectivity index (χ2n) is 2.65. The first-order valence-electron chi connectivity index (χ1n) is 4.60. The van der Waals surface area contributed by atoms with Gasteiger partial charge in [0.05, 0.1) is 13.7 Å². The fourth-order valence-corrected chi connectivity index (χ4v) is 0.866. The van der Waals surface area contributed by atoms with Gasteiger partial charge in [0.1, 0.15) is 11.8 Å². The van der Waals surface area contributed by atoms with E-state index in [-0.39, 0.29) is 11.4 Å². The Morgan fingerprint density at radius 1 is 1.29 bits per heavy atom. The van der Waals surface area contributed by atoms with E-state index in [1.54, 1.807) is 6.92 Å². The van der Waals surface area contributed by atoms with Gasteiger partial charge in [-0.3, -0.25) is 4.79 Å². The summed E-state index contributed by atoms with van der Waals surface area (Å²) in [6, 6.07) is 0. The summed E-state index contributed by atoms with van der Waals surface area (Å²) in [5, 5.41) is 0. The molecule has 0 saturated carbocycles. The van der Waals surface area contributed by atoms with E-state index in [4.69, 9.17) is 4.74 Å². The zero-order valence-electron chi connectivity index (χ0n) is 8.83. The Morgan fingerprint density at radius 2 is 1.93 bits per heavy atom. The number of hydrogen-bond donors (Lipinski definition) is 0. The van der Waals surface area contributed by atoms with Crippen LogP contribution in [0.25, 0.3) is 0 Å². The van der Waals surface area contributed by atoms with Gasteiger partial charge in [0, 0.05) is 6.42 Å². The first-order chi connectivity index (χ1) is 6.67. The second-order valence-corrected chi connectivity index (χ2v) is 2.65. The normalized spacial score (nSPS) is 10.9. The van der Waals surface area contributed by atoms with Crippen LogP contribution in [0.1, 0.15) is 26.7 Å². The van der Waals surface area contributed by atoms with E-state index in [1.165, 1.54) is 13.4 Å². The smallest absolute Gasteiger partial charge is 0.344 e. The lowest BCUT2D eigenvalue weighted by molar-refractivity contribution is -0.138. The Morgan fingerprint density at radius 3 is 2.36 bits per heavy atom. The number of ether oxygens (including phenoxy) is 2. The molecule has 0 heterocycles. The van der Waals surface area contributed by atoms with E-state index in [2.05, 4.69) is 4.74 Å². The first kappa shape index (κ1) is 12.7. The van der Waals surface area contributed by atoms with Gasteiger partial charge in [-0.2, -0.15) is 0 Å². The van der Waals surface area contributed by atoms with Gasteiger partial charge in [-0.25, -0.2) is 4.79 Å². The maximum Gasteiger partial charge on any atom is 0.344 e. The second kappa shape index (κ2) is 7.12. The van der Waals surface area contributed by atoms with Gasteiger partial charge in [-0.05, 0) is 13.3 Å². The Labute approximate surface area is 83.9 Å². The van der Waals surface area contributed by atoms with E-state index in [0.29, 0.717) is 19.4 Å². The standard InChI is InChI=1S/C10H16O4/c1-4-6-9(11)8(7-14-5-2)10(12)13-3/h7H,4-6H2,1-3H3. The van der Waals surface area contributed by atoms with Gasteiger partial charge < -0.3 is 9.47 Å². The SMILES string of the molecule is CCCC(=O)C(=COCC)C(=O)OC. The molecule has 14 heavy (non-hydrogen) atoms. The van der Waals surface area contributed by atoms with Crippen molar-refractivity contribution in [2.75, 3.05) is 13.7 Å². The molecule has 0 aliphatic carbocycles. The van der Waals surface area contributed by atoms with E-state index < -0.39 is 5.97 Å². The number of methoxy groups -OCH3 is 1. The highest BCUT2D eigenvalue weighted by atomic mass is 16.5. The predicted molar refractivity (Wildman–Crippen MR) is 51.6 cm³/mol. The van der Waals surface area contributed by atoms with Crippen LogP contribution in [0, 0.1) is 0 Å². The largest absolute Gasteiger partial charge is 0.500 e. The van der Waals surface area contributed by atoms with Crippen molar-refractivity contribution in [1.82, 2.24) is 0 Å². The summed E-state index contributed by atoms with van der Waals surface area (Å²) < 4.78 is 9.37. The Hall–Kier alpha value is -1.32. The number of ketones is 1. The first-order valence-corrected chi connectivity index (χ1v) is 4.60. The molecule has 0 fully saturated rings. The van der Waals surface area contributed by atoms with Crippen LogP contribution in [-0.2, 0) is 19.1 Å². The topological polar surface area (TPSA) is 52.6 Å². The molecule has 0 spiro atoms. The molecule has 0 aliphatic rings. The van der Waals surface area contributed by atoms with E-state index in [9.17, 15) is 9.59 Å². The molecule has 0 aromatic rings. The van der Waals surface area contributed by atoms with E-state index >= 15 is 0 Å². The summed E-state index contributed by atoms with van der Waals surface area (Å²) in [4.78, 5) is 22.5. The summed E-state index contributed by atoms with van der Waals surface area (Å²) in [7, 11) is 1.24. The maximum absolute atomic E-state index is 11.4. The monoisotopic (exact) mass is 200 g/mol. The van der Waals surface area contributed by atoms with Crippen LogP contribution in [0.4, 0.5) is 0 Å². The average Bonchev–Trinajstić information content (AvgIpc) is 2.18. The summed E-state index contributed by atoms with van der Waals surface area (Å²) in [5.41, 5.74) is -0.0174. The third-order valence-corrected chi connectivity index (χ3v) is 1.55. The van der Waals surface area contributed by atoms with Gasteiger partial charge in [-0.15, -0.1) is 0 Å². The fourth-order valence-electron chi connectivity index (χ4n) is 0.866. The molecule has 4 heteroatoms. The maximum atomic E-state index is 11.4. The molecule has 0 aromatic heterocycles. The van der Waals surface area contributed by atoms with Gasteiger partial charge in [0.15, 0.2) is 5.78 Å². The van der Waals surface area contributed by atoms with Crippen molar-refractivity contribution in [3.05, 3.63) is 11.8 Å². The Kier molecular flexibility index (Phi) is 6.45. The quantitative estimate of drug-likeness (QED) is 0.214. The van der Waals surface area contributed by atoms with Crippen LogP contribution in [0.2, 0.25) is 0 Å². The lowest BCUT2D eigenvalue weighted by atomic mass is 10.1. The third-order valence-electron chi connectivity index (χ3n) is 1.55. The summed E-state index contributed by atoms with van der Waals surface area (Å²) in [5.74, 6) is -0.885. The molecular formula is C10H16O4. The highest BCUT2D eigenvalue weighted by Gasteiger charge is 2.18. The molecule has 0 aromatic carbocycles. The van der Waals surface area contributed by atoms with Crippen LogP contribution in [-0.4, -0.2) is 25.5 Å². The molecule has 0 radical (unpaired) electrons. The van der Waals surface area contributed by atoms with Crippen LogP contribution >= 0.6 is 0 Å². The van der Waals surface area contributed by atoms with Gasteiger partial charge in [-0.1, -0.05) is 6.92 Å². The van der Waals surface area contributed by atoms with Crippen molar-refractivity contribution in [3.63, 3.8) is 0 Å². The van der Waals surface area contributed by atoms with Gasteiger partial charge in [0.25, 0.3) is 0 Å². The predicted octanol–water partition coefficient (Wildman–Crippen LogP) is 1.45. The molecule has 80 valence electrons. The molecule has 4 nitrogen and oxygen atoms in total. The van der Waals surface area contributed by atoms with Crippen LogP contribution in [0.15, 0.2) is 11.8 Å². The number of carbonyl (C=O) groups excluding carboxylic acids is 2. The van der Waals surface area contributed by atoms with Crippen LogP contribution < -0.4 is 0 Å². The van der Waals surface area contributed by atoms with Gasteiger partial charge >= 0.3 is 5.97 Å². The summed E-state index contributed by atoms with van der Waals surface area (Å²) in [6.45, 7) is 4.06. The van der Waals surface area contributed by atoms with E-state index in [0.717, 1.165) is 0 Å². The molecule has 0 N–H and O–H groups in total. The minimum absolute atomic E-state index is 0.0174. The highest BCUT2D eigenvalue weighted by molar-refractivity contribution is 6.16. The minimum atomic E-state index is -0.642. The van der Waals surface area contributed by atoms with Crippen molar-refractivity contribution in [3.8, 4) is 0 Å². The summed E-state index contributed by atoms with van der Waals surface area (Å²) in [6.07, 6.45) is 2.19. The van der Waals surface area contributed by atoms with Crippen molar-refractivity contribution in [2.24, 2.45) is 0 Å². The molecule has 0 unspecified atom stereocenters. The Balaban J connectivity index is 4.54. The average molecular weight is 200 g/mol. The van der Waals surface area contributed by atoms with Crippen molar-refractivity contribution in [1.29, 1.82) is 0 Å². The van der Waals surface area contributed by atoms with E-state index in [1.807, 2.05) is 6.92 Å². The van der Waals surface area contributed by atoms with Crippen molar-refractivity contribution < 1.29 is 19.1 Å². The Bertz CT molecular complexity index is 230. The lowest BCUT2D eigenvalue weighted by Gasteiger charge is -2.03. The molecular weight excluding hydrogens is 184 g/mol. The molecule has 0 amide bonds. The lowest BCUT2D eigenvalue weighted by Crippen LogP contribution is -2.14. The number of carbonyl (C=O) groups is 2. The minimum Gasteiger partial charge on any atom is -0.500 e. The number of rotatable bonds is 6. The summed E-state index contributed by atoms with van der Waals surface area (Å²) >= 11 is 0. The third kappa shape index (κ3) is 4.07. The molecule has 0 aliphatic heterocycles. The zero-order valence-corrected chi connectivity index (χ0v) is 8.83. The van der Waals surface area contributed by atoms with Crippen LogP contribution in [0.3, 0.4) is 0 Å². The highest BCUT2D eigenvalue weighted by Crippen LogP contribution is 2.05. The molecule has 0 atom stereocenters. The van der Waals surface area contributed by atoms with Gasteiger partial charge in [0.2, 0.25) is 0 Å².